The van der Waals surface area contributed by atoms with E-state index < -0.39 is 12.1 Å². The number of carboxylic acids is 1. The number of halogens is 3. The lowest BCUT2D eigenvalue weighted by atomic mass is 10.1. The molecule has 0 bridgehead atoms. The number of carboxylic acid groups (broad SMARTS) is 1. The second kappa shape index (κ2) is 10.2. The molecule has 10 heteroatoms. The van der Waals surface area contributed by atoms with Crippen LogP contribution >= 0.6 is 0 Å². The van der Waals surface area contributed by atoms with Crippen molar-refractivity contribution in [2.24, 2.45) is 5.73 Å². The van der Waals surface area contributed by atoms with Gasteiger partial charge in [0.05, 0.1) is 0 Å². The molecule has 0 radical (unpaired) electrons. The average Bonchev–Trinajstić information content (AvgIpc) is 2.73. The van der Waals surface area contributed by atoms with Crippen molar-refractivity contribution < 1.29 is 23.1 Å². The number of hydrogen-bond donors (Lipinski definition) is 4. The van der Waals surface area contributed by atoms with Gasteiger partial charge in [-0.3, -0.25) is 9.59 Å². The van der Waals surface area contributed by atoms with Gasteiger partial charge in [-0.15, -0.1) is 0 Å². The third kappa shape index (κ3) is 7.12. The minimum absolute atomic E-state index is 0.214. The highest BCUT2D eigenvalue weighted by molar-refractivity contribution is 5.73. The Hall–Kier alpha value is -3.92. The minimum Gasteiger partial charge on any atom is -0.475 e. The standard InChI is InChI=1S/C19H17N3O2.C2HF3O2/c20-12-15-8-6-14(7-9-15)11-17-19(24)21-16(18(23)22-17)10-13-4-2-1-3-5-13;3-2(4,5)1(6)7/h1-11H,12,20H2,(H,21,24)(H,22,23);(H,6,7)/b16-10-,17-11-;. The Kier molecular flexibility index (Phi) is 7.70. The van der Waals surface area contributed by atoms with Crippen LogP contribution < -0.4 is 27.6 Å². The number of aromatic nitrogens is 2. The number of hydrogen-bond acceptors (Lipinski definition) is 4. The first-order chi connectivity index (χ1) is 14.6. The van der Waals surface area contributed by atoms with E-state index in [2.05, 4.69) is 9.97 Å². The first-order valence-corrected chi connectivity index (χ1v) is 8.80. The fourth-order valence-corrected chi connectivity index (χ4v) is 2.33. The molecule has 0 spiro atoms. The Bertz CT molecular complexity index is 1260. The maximum Gasteiger partial charge on any atom is 0.490 e. The minimum atomic E-state index is -5.08. The molecule has 162 valence electrons. The molecule has 2 aromatic carbocycles. The van der Waals surface area contributed by atoms with Gasteiger partial charge in [-0.1, -0.05) is 54.6 Å². The van der Waals surface area contributed by atoms with Gasteiger partial charge in [-0.05, 0) is 28.8 Å². The molecule has 3 aromatic rings. The summed E-state index contributed by atoms with van der Waals surface area (Å²) in [6, 6.07) is 16.8. The van der Waals surface area contributed by atoms with Gasteiger partial charge >= 0.3 is 12.1 Å². The molecule has 0 saturated heterocycles. The van der Waals surface area contributed by atoms with Crippen LogP contribution in [0, 0.1) is 0 Å². The van der Waals surface area contributed by atoms with Gasteiger partial charge in [-0.25, -0.2) is 4.79 Å². The van der Waals surface area contributed by atoms with Crippen molar-refractivity contribution in [2.75, 3.05) is 0 Å². The Morgan fingerprint density at radius 3 is 1.68 bits per heavy atom. The first kappa shape index (κ1) is 23.4. The zero-order valence-electron chi connectivity index (χ0n) is 15.9. The average molecular weight is 433 g/mol. The van der Waals surface area contributed by atoms with E-state index in [0.717, 1.165) is 16.7 Å². The Morgan fingerprint density at radius 1 is 0.871 bits per heavy atom. The number of aromatic amines is 2. The van der Waals surface area contributed by atoms with Crippen molar-refractivity contribution in [2.45, 2.75) is 12.7 Å². The first-order valence-electron chi connectivity index (χ1n) is 8.80. The van der Waals surface area contributed by atoms with Gasteiger partial charge in [0.25, 0.3) is 11.1 Å². The van der Waals surface area contributed by atoms with Crippen LogP contribution in [-0.2, 0) is 11.3 Å². The van der Waals surface area contributed by atoms with E-state index in [-0.39, 0.29) is 21.8 Å². The number of H-pyrrole nitrogens is 2. The third-order valence-corrected chi connectivity index (χ3v) is 3.87. The van der Waals surface area contributed by atoms with Crippen molar-refractivity contribution in [3.05, 3.63) is 103 Å². The molecule has 0 unspecified atom stereocenters. The number of alkyl halides is 3. The van der Waals surface area contributed by atoms with Crippen LogP contribution in [0.5, 0.6) is 0 Å². The number of carbonyl (C=O) groups is 1. The molecule has 0 fully saturated rings. The van der Waals surface area contributed by atoms with E-state index in [4.69, 9.17) is 15.6 Å². The van der Waals surface area contributed by atoms with Gasteiger partial charge in [-0.2, -0.15) is 13.2 Å². The summed E-state index contributed by atoms with van der Waals surface area (Å²) < 4.78 is 31.7. The smallest absolute Gasteiger partial charge is 0.475 e. The molecule has 7 nitrogen and oxygen atoms in total. The SMILES string of the molecule is NCc1ccc(/C=c2\[nH]c(=O)/c(=C/c3ccccc3)[nH]c2=O)cc1.O=C(O)C(F)(F)F. The van der Waals surface area contributed by atoms with Gasteiger partial charge in [0.2, 0.25) is 0 Å². The predicted octanol–water partition coefficient (Wildman–Crippen LogP) is 0.813. The van der Waals surface area contributed by atoms with Crippen LogP contribution in [0.1, 0.15) is 16.7 Å². The zero-order valence-corrected chi connectivity index (χ0v) is 15.9. The zero-order chi connectivity index (χ0) is 23.0. The van der Waals surface area contributed by atoms with E-state index in [0.29, 0.717) is 6.54 Å². The summed E-state index contributed by atoms with van der Waals surface area (Å²) in [6.07, 6.45) is -1.81. The number of rotatable bonds is 3. The molecular formula is C21H18F3N3O4. The van der Waals surface area contributed by atoms with Gasteiger partial charge in [0, 0.05) is 6.54 Å². The highest BCUT2D eigenvalue weighted by Gasteiger charge is 2.38. The van der Waals surface area contributed by atoms with Crippen molar-refractivity contribution in [1.82, 2.24) is 9.97 Å². The van der Waals surface area contributed by atoms with Gasteiger partial charge < -0.3 is 20.8 Å². The fourth-order valence-electron chi connectivity index (χ4n) is 2.33. The molecule has 0 aliphatic rings. The van der Waals surface area contributed by atoms with Crippen molar-refractivity contribution in [3.8, 4) is 0 Å². The lowest BCUT2D eigenvalue weighted by Crippen LogP contribution is -2.46. The summed E-state index contributed by atoms with van der Waals surface area (Å²) in [5.41, 5.74) is 7.52. The molecule has 1 aromatic heterocycles. The maximum atomic E-state index is 12.2. The third-order valence-electron chi connectivity index (χ3n) is 3.87. The van der Waals surface area contributed by atoms with Crippen molar-refractivity contribution >= 4 is 18.1 Å². The monoisotopic (exact) mass is 433 g/mol. The number of nitrogens with two attached hydrogens (primary N) is 1. The molecule has 0 saturated carbocycles. The van der Waals surface area contributed by atoms with E-state index in [1.165, 1.54) is 0 Å². The maximum absolute atomic E-state index is 12.2. The topological polar surface area (TPSA) is 129 Å². The summed E-state index contributed by atoms with van der Waals surface area (Å²) >= 11 is 0. The molecule has 31 heavy (non-hydrogen) atoms. The van der Waals surface area contributed by atoms with Crippen LogP contribution in [0.4, 0.5) is 13.2 Å². The fraction of sp³-hybridized carbons (Fsp3) is 0.0952. The largest absolute Gasteiger partial charge is 0.490 e. The number of benzene rings is 2. The van der Waals surface area contributed by atoms with Crippen LogP contribution in [-0.4, -0.2) is 27.2 Å². The Morgan fingerprint density at radius 2 is 1.29 bits per heavy atom. The summed E-state index contributed by atoms with van der Waals surface area (Å²) in [5, 5.41) is 7.56. The molecular weight excluding hydrogens is 415 g/mol. The number of nitrogens with one attached hydrogen (secondary N) is 2. The molecule has 1 heterocycles. The molecule has 0 amide bonds. The highest BCUT2D eigenvalue weighted by atomic mass is 19.4. The molecule has 0 aliphatic heterocycles. The van der Waals surface area contributed by atoms with E-state index in [1.807, 2.05) is 54.6 Å². The van der Waals surface area contributed by atoms with Crippen LogP contribution in [0.15, 0.2) is 64.2 Å². The van der Waals surface area contributed by atoms with Crippen molar-refractivity contribution in [1.29, 1.82) is 0 Å². The van der Waals surface area contributed by atoms with E-state index in [9.17, 15) is 22.8 Å². The second-order valence-electron chi connectivity index (χ2n) is 6.18. The predicted molar refractivity (Wildman–Crippen MR) is 109 cm³/mol. The normalized spacial score (nSPS) is 12.3. The van der Waals surface area contributed by atoms with E-state index in [1.54, 1.807) is 12.2 Å². The van der Waals surface area contributed by atoms with Crippen LogP contribution in [0.25, 0.3) is 12.2 Å². The Balaban J connectivity index is 0.000000423. The summed E-state index contributed by atoms with van der Waals surface area (Å²) in [4.78, 5) is 38.6. The summed E-state index contributed by atoms with van der Waals surface area (Å²) in [5.74, 6) is -2.76. The lowest BCUT2D eigenvalue weighted by Gasteiger charge is -1.97. The van der Waals surface area contributed by atoms with Gasteiger partial charge in [0.15, 0.2) is 0 Å². The quantitative estimate of drug-likeness (QED) is 0.486. The highest BCUT2D eigenvalue weighted by Crippen LogP contribution is 2.13. The summed E-state index contributed by atoms with van der Waals surface area (Å²) in [6.45, 7) is 0.460. The van der Waals surface area contributed by atoms with Crippen molar-refractivity contribution in [3.63, 3.8) is 0 Å². The molecule has 5 N–H and O–H groups in total. The van der Waals surface area contributed by atoms with Crippen LogP contribution in [0.2, 0.25) is 0 Å². The summed E-state index contributed by atoms with van der Waals surface area (Å²) in [7, 11) is 0. The van der Waals surface area contributed by atoms with Gasteiger partial charge in [0.1, 0.15) is 10.7 Å². The molecule has 0 atom stereocenters. The number of aliphatic carboxylic acids is 1. The molecule has 3 rings (SSSR count). The lowest BCUT2D eigenvalue weighted by molar-refractivity contribution is -0.192. The van der Waals surface area contributed by atoms with E-state index >= 15 is 0 Å². The van der Waals surface area contributed by atoms with Crippen LogP contribution in [0.3, 0.4) is 0 Å². The second-order valence-corrected chi connectivity index (χ2v) is 6.18. The molecule has 0 aliphatic carbocycles. The Labute approximate surface area is 173 Å².